The van der Waals surface area contributed by atoms with Gasteiger partial charge in [-0.05, 0) is 35.4 Å². The molecule has 8 heteroatoms. The summed E-state index contributed by atoms with van der Waals surface area (Å²) >= 11 is 10.4. The Balaban J connectivity index is 2.06. The molecule has 1 N–H and O–H groups in total. The first-order valence-corrected chi connectivity index (χ1v) is 6.71. The van der Waals surface area contributed by atoms with Gasteiger partial charge in [0.05, 0.1) is 0 Å². The van der Waals surface area contributed by atoms with Gasteiger partial charge in [0.2, 0.25) is 0 Å². The van der Waals surface area contributed by atoms with Crippen LogP contribution in [0, 0.1) is 0 Å². The maximum atomic E-state index is 12.7. The molecule has 2 heterocycles. The number of amides is 1. The predicted octanol–water partition coefficient (Wildman–Crippen LogP) is 2.89. The van der Waals surface area contributed by atoms with Gasteiger partial charge < -0.3 is 10.2 Å². The maximum absolute atomic E-state index is 12.7. The Morgan fingerprint density at radius 3 is 2.81 bits per heavy atom. The van der Waals surface area contributed by atoms with Gasteiger partial charge in [-0.1, -0.05) is 23.7 Å². The zero-order valence-corrected chi connectivity index (χ0v) is 12.2. The number of carbonyl (C=O) groups excluding carboxylic acids is 1. The number of nitrogens with zero attached hydrogens (tertiary/aromatic N) is 2. The Morgan fingerprint density at radius 2 is 2.19 bits per heavy atom. The number of aromatic nitrogens is 1. The number of carbonyl (C=O) groups is 1. The van der Waals surface area contributed by atoms with Crippen molar-refractivity contribution in [3.63, 3.8) is 0 Å². The Labute approximate surface area is 130 Å². The quantitative estimate of drug-likeness (QED) is 0.680. The molecule has 1 aliphatic rings. The summed E-state index contributed by atoms with van der Waals surface area (Å²) in [6.07, 6.45) is 7.47. The summed E-state index contributed by atoms with van der Waals surface area (Å²) in [5.74, 6) is -1.55. The Hall–Kier alpha value is -1.66. The molecule has 21 heavy (non-hydrogen) atoms. The van der Waals surface area contributed by atoms with Gasteiger partial charge in [0.1, 0.15) is 11.3 Å². The predicted molar refractivity (Wildman–Crippen MR) is 75.8 cm³/mol. The number of pyridine rings is 1. The molecule has 1 aliphatic heterocycles. The van der Waals surface area contributed by atoms with Crippen LogP contribution in [0.4, 0.5) is 8.78 Å². The second kappa shape index (κ2) is 6.41. The van der Waals surface area contributed by atoms with Crippen LogP contribution in [0.25, 0.3) is 0 Å². The molecule has 0 radical (unpaired) electrons. The summed E-state index contributed by atoms with van der Waals surface area (Å²) in [6, 6.07) is 3.39. The van der Waals surface area contributed by atoms with Crippen molar-refractivity contribution in [2.24, 2.45) is 0 Å². The molecule has 1 aromatic heterocycles. The molecule has 1 aromatic rings. The van der Waals surface area contributed by atoms with E-state index in [2.05, 4.69) is 10.3 Å². The number of rotatable bonds is 4. The second-order valence-electron chi connectivity index (χ2n) is 4.30. The number of halogens is 4. The molecule has 0 aliphatic carbocycles. The van der Waals surface area contributed by atoms with Gasteiger partial charge in [-0.3, -0.25) is 4.79 Å². The molecule has 1 unspecified atom stereocenters. The Bertz CT molecular complexity index is 570. The molecular weight excluding hydrogens is 323 g/mol. The van der Waals surface area contributed by atoms with Gasteiger partial charge in [0, 0.05) is 18.9 Å². The molecule has 0 aromatic carbocycles. The fourth-order valence-corrected chi connectivity index (χ4v) is 1.91. The number of hydrogen-bond acceptors (Lipinski definition) is 3. The smallest absolute Gasteiger partial charge is 0.350 e. The van der Waals surface area contributed by atoms with Crippen LogP contribution in [0.15, 0.2) is 42.8 Å². The zero-order chi connectivity index (χ0) is 15.5. The van der Waals surface area contributed by atoms with Crippen molar-refractivity contribution in [1.82, 2.24) is 15.2 Å². The van der Waals surface area contributed by atoms with Crippen LogP contribution in [0.1, 0.15) is 5.56 Å². The molecule has 0 saturated carbocycles. The first kappa shape index (κ1) is 15.7. The average Bonchev–Trinajstić information content (AvgIpc) is 2.42. The lowest BCUT2D eigenvalue weighted by Crippen LogP contribution is -2.49. The van der Waals surface area contributed by atoms with Crippen LogP contribution in [0.5, 0.6) is 0 Å². The van der Waals surface area contributed by atoms with Crippen molar-refractivity contribution in [3.8, 4) is 0 Å². The fourth-order valence-electron chi connectivity index (χ4n) is 1.74. The van der Waals surface area contributed by atoms with E-state index in [9.17, 15) is 13.6 Å². The molecule has 2 rings (SSSR count). The normalized spacial score (nSPS) is 17.9. The number of allylic oxidation sites excluding steroid dienone is 2. The Morgan fingerprint density at radius 1 is 1.43 bits per heavy atom. The van der Waals surface area contributed by atoms with E-state index in [0.29, 0.717) is 11.7 Å². The molecule has 0 spiro atoms. The first-order chi connectivity index (χ1) is 9.86. The van der Waals surface area contributed by atoms with Crippen molar-refractivity contribution < 1.29 is 13.6 Å². The molecule has 0 saturated heterocycles. The largest absolute Gasteiger partial charge is 0.399 e. The lowest BCUT2D eigenvalue weighted by atomic mass is 10.2. The van der Waals surface area contributed by atoms with E-state index in [1.165, 1.54) is 0 Å². The third-order valence-electron chi connectivity index (χ3n) is 2.73. The topological polar surface area (TPSA) is 45.2 Å². The minimum absolute atomic E-state index is 0.361. The van der Waals surface area contributed by atoms with Crippen LogP contribution in [0.3, 0.4) is 0 Å². The maximum Gasteiger partial charge on any atom is 0.399 e. The van der Waals surface area contributed by atoms with Gasteiger partial charge in [-0.15, -0.1) is 0 Å². The number of nitrogens with one attached hydrogen (secondary N) is 1. The highest BCUT2D eigenvalue weighted by Crippen LogP contribution is 2.20. The second-order valence-corrected chi connectivity index (χ2v) is 5.17. The molecule has 1 amide bonds. The van der Waals surface area contributed by atoms with Crippen LogP contribution in [-0.2, 0) is 11.3 Å². The van der Waals surface area contributed by atoms with E-state index in [1.54, 1.807) is 47.7 Å². The van der Waals surface area contributed by atoms with E-state index in [1.807, 2.05) is 0 Å². The van der Waals surface area contributed by atoms with Crippen molar-refractivity contribution in [3.05, 3.63) is 53.5 Å². The highest BCUT2D eigenvalue weighted by Gasteiger charge is 2.37. The average molecular weight is 334 g/mol. The van der Waals surface area contributed by atoms with E-state index in [0.717, 1.165) is 5.56 Å². The standard InChI is InChI=1S/C13H11Cl2F2N3O/c14-10-5-4-9(7-18-10)8-20-6-2-1-3-11(20)19-12(21)13(15,16)17/h1-7,11H,8H2,(H,19,21). The van der Waals surface area contributed by atoms with Crippen LogP contribution in [0.2, 0.25) is 5.15 Å². The fraction of sp³-hybridized carbons (Fsp3) is 0.231. The van der Waals surface area contributed by atoms with E-state index in [4.69, 9.17) is 23.2 Å². The molecule has 4 nitrogen and oxygen atoms in total. The number of hydrogen-bond donors (Lipinski definition) is 1. The highest BCUT2D eigenvalue weighted by molar-refractivity contribution is 6.32. The van der Waals surface area contributed by atoms with Gasteiger partial charge >= 0.3 is 11.3 Å². The summed E-state index contributed by atoms with van der Waals surface area (Å²) in [5, 5.41) is -1.42. The number of alkyl halides is 3. The van der Waals surface area contributed by atoms with Crippen molar-refractivity contribution in [2.45, 2.75) is 18.1 Å². The third-order valence-corrected chi connectivity index (χ3v) is 3.12. The van der Waals surface area contributed by atoms with Crippen LogP contribution < -0.4 is 5.32 Å². The van der Waals surface area contributed by atoms with E-state index < -0.39 is 17.5 Å². The lowest BCUT2D eigenvalue weighted by Gasteiger charge is -2.31. The molecule has 0 bridgehead atoms. The van der Waals surface area contributed by atoms with Gasteiger partial charge in [-0.2, -0.15) is 8.78 Å². The minimum atomic E-state index is -3.94. The lowest BCUT2D eigenvalue weighted by molar-refractivity contribution is -0.137. The summed E-state index contributed by atoms with van der Waals surface area (Å²) in [7, 11) is 0. The summed E-state index contributed by atoms with van der Waals surface area (Å²) in [4.78, 5) is 16.9. The molecule has 0 fully saturated rings. The van der Waals surface area contributed by atoms with Gasteiger partial charge in [0.25, 0.3) is 0 Å². The SMILES string of the molecule is O=C(NC1C=CC=CN1Cc1ccc(Cl)nc1)C(F)(F)Cl. The van der Waals surface area contributed by atoms with Gasteiger partial charge in [0.15, 0.2) is 0 Å². The molecular formula is C13H11Cl2F2N3O. The van der Waals surface area contributed by atoms with E-state index in [-0.39, 0.29) is 0 Å². The Kier molecular flexibility index (Phi) is 4.80. The minimum Gasteiger partial charge on any atom is -0.350 e. The molecule has 1 atom stereocenters. The van der Waals surface area contributed by atoms with E-state index >= 15 is 0 Å². The van der Waals surface area contributed by atoms with Crippen molar-refractivity contribution >= 4 is 29.1 Å². The monoisotopic (exact) mass is 333 g/mol. The summed E-state index contributed by atoms with van der Waals surface area (Å²) in [5.41, 5.74) is 0.816. The first-order valence-electron chi connectivity index (χ1n) is 5.95. The third kappa shape index (κ3) is 4.41. The highest BCUT2D eigenvalue weighted by atomic mass is 35.5. The zero-order valence-electron chi connectivity index (χ0n) is 10.6. The molecule has 112 valence electrons. The summed E-state index contributed by atoms with van der Waals surface area (Å²) < 4.78 is 25.5. The summed E-state index contributed by atoms with van der Waals surface area (Å²) in [6.45, 7) is 0.365. The van der Waals surface area contributed by atoms with Crippen LogP contribution in [-0.4, -0.2) is 27.3 Å². The van der Waals surface area contributed by atoms with Crippen molar-refractivity contribution in [1.29, 1.82) is 0 Å². The van der Waals surface area contributed by atoms with Crippen LogP contribution >= 0.6 is 23.2 Å². The van der Waals surface area contributed by atoms with Gasteiger partial charge in [-0.25, -0.2) is 4.98 Å². The van der Waals surface area contributed by atoms with Crippen molar-refractivity contribution in [2.75, 3.05) is 0 Å².